The van der Waals surface area contributed by atoms with Crippen molar-refractivity contribution in [1.29, 1.82) is 0 Å². The minimum Gasteiger partial charge on any atom is -0.258 e. The van der Waals surface area contributed by atoms with E-state index in [1.165, 1.54) is 24.3 Å². The fourth-order valence-electron chi connectivity index (χ4n) is 2.12. The third-order valence-corrected chi connectivity index (χ3v) is 3.34. The lowest BCUT2D eigenvalue weighted by Gasteiger charge is -2.19. The van der Waals surface area contributed by atoms with Crippen LogP contribution in [0.2, 0.25) is 0 Å². The fraction of sp³-hybridized carbons (Fsp3) is 0.0769. The molecule has 0 radical (unpaired) electrons. The lowest BCUT2D eigenvalue weighted by atomic mass is 10.2. The second kappa shape index (κ2) is 7.68. The summed E-state index contributed by atoms with van der Waals surface area (Å²) in [5.41, 5.74) is -1.43. The second-order valence-electron chi connectivity index (χ2n) is 4.97. The molecule has 27 heavy (non-hydrogen) atoms. The van der Waals surface area contributed by atoms with Crippen LogP contribution in [0.1, 0.15) is 0 Å². The predicted molar refractivity (Wildman–Crippen MR) is 90.0 cm³/mol. The molecule has 0 atom stereocenters. The van der Waals surface area contributed by atoms with E-state index in [9.17, 15) is 40.5 Å². The van der Waals surface area contributed by atoms with E-state index in [-0.39, 0.29) is 11.4 Å². The highest BCUT2D eigenvalue weighted by Gasteiger charge is 2.30. The van der Waals surface area contributed by atoms with Crippen molar-refractivity contribution in [2.45, 2.75) is 0 Å². The summed E-state index contributed by atoms with van der Waals surface area (Å²) in [7, 11) is 0. The second-order valence-corrected chi connectivity index (χ2v) is 4.97. The van der Waals surface area contributed by atoms with Crippen LogP contribution in [0, 0.1) is 40.5 Å². The Morgan fingerprint density at radius 3 is 1.33 bits per heavy atom. The Morgan fingerprint density at radius 2 is 1.04 bits per heavy atom. The predicted octanol–water partition coefficient (Wildman–Crippen LogP) is 2.16. The SMILES string of the molecule is O=[N+]([O-])c1cccc(N(CN(c2cccc([N+](=O)[O-])c2)[N+](=O)[O-])[N+](=O)[O-])c1. The standard InChI is InChI=1S/C13H10N6O8/c20-16(21)12-5-1-3-10(7-12)14(18(24)25)9-15(19(26)27)11-4-2-6-13(8-11)17(22)23/h1-8H,9H2. The van der Waals surface area contributed by atoms with Gasteiger partial charge in [0.2, 0.25) is 6.67 Å². The van der Waals surface area contributed by atoms with Crippen molar-refractivity contribution in [3.05, 3.63) is 89.0 Å². The van der Waals surface area contributed by atoms with Gasteiger partial charge >= 0.3 is 0 Å². The first-order valence-electron chi connectivity index (χ1n) is 7.03. The van der Waals surface area contributed by atoms with Crippen LogP contribution < -0.4 is 10.0 Å². The molecule has 0 unspecified atom stereocenters. The number of nitro groups is 4. The highest BCUT2D eigenvalue weighted by molar-refractivity contribution is 5.54. The summed E-state index contributed by atoms with van der Waals surface area (Å²) in [6.07, 6.45) is 0. The summed E-state index contributed by atoms with van der Waals surface area (Å²) in [5, 5.41) is 43.0. The van der Waals surface area contributed by atoms with Gasteiger partial charge in [0.05, 0.1) is 9.85 Å². The van der Waals surface area contributed by atoms with Gasteiger partial charge in [0.1, 0.15) is 11.4 Å². The summed E-state index contributed by atoms with van der Waals surface area (Å²) in [5.74, 6) is 0. The lowest BCUT2D eigenvalue weighted by Crippen LogP contribution is -2.44. The van der Waals surface area contributed by atoms with Gasteiger partial charge in [0, 0.05) is 24.3 Å². The Hall–Kier alpha value is -4.36. The summed E-state index contributed by atoms with van der Waals surface area (Å²) in [4.78, 5) is 42.8. The topological polar surface area (TPSA) is 179 Å². The van der Waals surface area contributed by atoms with E-state index in [0.717, 1.165) is 24.3 Å². The molecule has 140 valence electrons. The van der Waals surface area contributed by atoms with Crippen LogP contribution in [0.4, 0.5) is 22.7 Å². The molecule has 0 heterocycles. The molecule has 2 rings (SSSR count). The van der Waals surface area contributed by atoms with Crippen molar-refractivity contribution in [2.24, 2.45) is 0 Å². The Kier molecular flexibility index (Phi) is 5.40. The van der Waals surface area contributed by atoms with E-state index in [4.69, 9.17) is 0 Å². The number of nitro benzene ring substituents is 2. The maximum absolute atomic E-state index is 11.3. The van der Waals surface area contributed by atoms with Crippen LogP contribution in [0.3, 0.4) is 0 Å². The summed E-state index contributed by atoms with van der Waals surface area (Å²) >= 11 is 0. The van der Waals surface area contributed by atoms with Crippen molar-refractivity contribution < 1.29 is 19.9 Å². The summed E-state index contributed by atoms with van der Waals surface area (Å²) in [6, 6.07) is 8.69. The van der Waals surface area contributed by atoms with Gasteiger partial charge in [-0.25, -0.2) is 20.2 Å². The minimum atomic E-state index is -0.979. The average molecular weight is 378 g/mol. The zero-order chi connectivity index (χ0) is 20.1. The van der Waals surface area contributed by atoms with Crippen LogP contribution in [-0.4, -0.2) is 26.6 Å². The molecule has 0 amide bonds. The van der Waals surface area contributed by atoms with Gasteiger partial charge in [0.25, 0.3) is 11.4 Å². The molecular weight excluding hydrogens is 368 g/mol. The summed E-state index contributed by atoms with van der Waals surface area (Å²) < 4.78 is 0. The fourth-order valence-corrected chi connectivity index (χ4v) is 2.12. The molecular formula is C13H10N6O8. The molecule has 14 nitrogen and oxygen atoms in total. The van der Waals surface area contributed by atoms with Crippen LogP contribution in [0.5, 0.6) is 0 Å². The number of rotatable bonds is 8. The van der Waals surface area contributed by atoms with E-state index < -0.39 is 38.0 Å². The molecule has 0 N–H and O–H groups in total. The maximum atomic E-state index is 11.3. The van der Waals surface area contributed by atoms with Gasteiger partial charge in [-0.1, -0.05) is 22.2 Å². The molecule has 0 aliphatic heterocycles. The maximum Gasteiger partial charge on any atom is 0.271 e. The van der Waals surface area contributed by atoms with E-state index in [2.05, 4.69) is 0 Å². The first-order valence-corrected chi connectivity index (χ1v) is 7.03. The first-order chi connectivity index (χ1) is 12.7. The zero-order valence-corrected chi connectivity index (χ0v) is 13.3. The van der Waals surface area contributed by atoms with Gasteiger partial charge in [-0.05, 0) is 12.1 Å². The van der Waals surface area contributed by atoms with Crippen molar-refractivity contribution in [3.63, 3.8) is 0 Å². The van der Waals surface area contributed by atoms with Crippen molar-refractivity contribution in [3.8, 4) is 0 Å². The molecule has 0 bridgehead atoms. The largest absolute Gasteiger partial charge is 0.271 e. The van der Waals surface area contributed by atoms with E-state index in [1.54, 1.807) is 0 Å². The molecule has 0 fully saturated rings. The highest BCUT2D eigenvalue weighted by atomic mass is 16.7. The van der Waals surface area contributed by atoms with E-state index in [0.29, 0.717) is 10.0 Å². The highest BCUT2D eigenvalue weighted by Crippen LogP contribution is 2.25. The minimum absolute atomic E-state index is 0.272. The van der Waals surface area contributed by atoms with E-state index in [1.807, 2.05) is 0 Å². The molecule has 2 aromatic rings. The Bertz CT molecular complexity index is 846. The van der Waals surface area contributed by atoms with Crippen molar-refractivity contribution >= 4 is 22.7 Å². The summed E-state index contributed by atoms with van der Waals surface area (Å²) in [6.45, 7) is -0.956. The number of benzene rings is 2. The number of non-ortho nitro benzene ring substituents is 2. The smallest absolute Gasteiger partial charge is 0.258 e. The number of anilines is 2. The molecule has 0 saturated carbocycles. The molecule has 0 saturated heterocycles. The average Bonchev–Trinajstić information content (AvgIpc) is 2.62. The molecule has 14 heteroatoms. The van der Waals surface area contributed by atoms with Crippen LogP contribution in [0.15, 0.2) is 48.5 Å². The normalized spacial score (nSPS) is 10.1. The number of hydrazine groups is 2. The number of nitrogens with zero attached hydrogens (tertiary/aromatic N) is 6. The monoisotopic (exact) mass is 378 g/mol. The molecule has 0 spiro atoms. The van der Waals surface area contributed by atoms with Gasteiger partial charge in [0.15, 0.2) is 10.1 Å². The Labute approximate surface area is 149 Å². The molecule has 0 aliphatic rings. The first kappa shape index (κ1) is 19.0. The third-order valence-electron chi connectivity index (χ3n) is 3.34. The Balaban J connectivity index is 2.42. The third kappa shape index (κ3) is 4.38. The Morgan fingerprint density at radius 1 is 0.667 bits per heavy atom. The van der Waals surface area contributed by atoms with Gasteiger partial charge < -0.3 is 0 Å². The van der Waals surface area contributed by atoms with Crippen LogP contribution in [0.25, 0.3) is 0 Å². The van der Waals surface area contributed by atoms with Crippen molar-refractivity contribution in [2.75, 3.05) is 16.7 Å². The van der Waals surface area contributed by atoms with Crippen molar-refractivity contribution in [1.82, 2.24) is 0 Å². The number of hydrogen-bond acceptors (Lipinski definition) is 8. The number of hydrogen-bond donors (Lipinski definition) is 0. The van der Waals surface area contributed by atoms with Gasteiger partial charge in [-0.3, -0.25) is 20.2 Å². The molecule has 0 aromatic heterocycles. The van der Waals surface area contributed by atoms with Crippen LogP contribution in [-0.2, 0) is 0 Å². The van der Waals surface area contributed by atoms with Gasteiger partial charge in [-0.15, -0.1) is 0 Å². The zero-order valence-electron chi connectivity index (χ0n) is 13.3. The molecule has 0 aliphatic carbocycles. The van der Waals surface area contributed by atoms with Crippen LogP contribution >= 0.6 is 0 Å². The quantitative estimate of drug-likeness (QED) is 0.375. The lowest BCUT2D eigenvalue weighted by molar-refractivity contribution is -0.525. The van der Waals surface area contributed by atoms with E-state index >= 15 is 0 Å². The molecule has 2 aromatic carbocycles. The van der Waals surface area contributed by atoms with Gasteiger partial charge in [-0.2, -0.15) is 0 Å².